The van der Waals surface area contributed by atoms with Gasteiger partial charge in [-0.15, -0.1) is 0 Å². The highest BCUT2D eigenvalue weighted by atomic mass is 32.1. The summed E-state index contributed by atoms with van der Waals surface area (Å²) >= 11 is 4.08. The molecule has 0 unspecified atom stereocenters. The Kier molecular flexibility index (Phi) is 10.4. The van der Waals surface area contributed by atoms with E-state index < -0.39 is 12.0 Å². The predicted octanol–water partition coefficient (Wildman–Crippen LogP) is 2.70. The maximum absolute atomic E-state index is 12.0. The first-order valence-corrected chi connectivity index (χ1v) is 10.6. The van der Waals surface area contributed by atoms with E-state index >= 15 is 0 Å². The van der Waals surface area contributed by atoms with Crippen molar-refractivity contribution in [2.45, 2.75) is 19.1 Å². The van der Waals surface area contributed by atoms with Crippen LogP contribution in [0, 0.1) is 0 Å². The second-order valence-electron chi connectivity index (χ2n) is 6.98. The Morgan fingerprint density at radius 1 is 0.967 bits per heavy atom. The summed E-state index contributed by atoms with van der Waals surface area (Å²) in [6.07, 6.45) is -0.132. The maximum atomic E-state index is 12.0. The lowest BCUT2D eigenvalue weighted by atomic mass is 10.0. The van der Waals surface area contributed by atoms with E-state index in [1.165, 1.54) is 6.92 Å². The van der Waals surface area contributed by atoms with E-state index in [2.05, 4.69) is 42.2 Å². The average Bonchev–Trinajstić information content (AvgIpc) is 2.76. The Hall–Kier alpha value is -2.35. The van der Waals surface area contributed by atoms with Gasteiger partial charge in [-0.3, -0.25) is 4.79 Å². The van der Waals surface area contributed by atoms with E-state index in [1.54, 1.807) is 0 Å². The number of esters is 1. The molecular formula is C23H30N2O4S. The molecule has 7 heteroatoms. The Balaban J connectivity index is 1.78. The fourth-order valence-corrected chi connectivity index (χ4v) is 3.15. The van der Waals surface area contributed by atoms with Crippen LogP contribution in [-0.2, 0) is 19.1 Å². The number of hydrogen-bond acceptors (Lipinski definition) is 6. The Bertz CT molecular complexity index is 734. The molecule has 0 saturated heterocycles. The van der Waals surface area contributed by atoms with Crippen LogP contribution in [0.2, 0.25) is 0 Å². The zero-order valence-corrected chi connectivity index (χ0v) is 18.4. The third-order valence-electron chi connectivity index (χ3n) is 4.52. The van der Waals surface area contributed by atoms with E-state index in [1.807, 2.05) is 48.3 Å². The summed E-state index contributed by atoms with van der Waals surface area (Å²) in [7, 11) is 1.95. The first kappa shape index (κ1) is 23.9. The molecule has 2 rings (SSSR count). The minimum absolute atomic E-state index is 0.132. The van der Waals surface area contributed by atoms with Gasteiger partial charge in [0.1, 0.15) is 18.8 Å². The van der Waals surface area contributed by atoms with E-state index in [0.717, 1.165) is 11.1 Å². The van der Waals surface area contributed by atoms with Gasteiger partial charge in [-0.25, -0.2) is 4.79 Å². The predicted molar refractivity (Wildman–Crippen MR) is 121 cm³/mol. The van der Waals surface area contributed by atoms with Gasteiger partial charge in [0.15, 0.2) is 0 Å². The second kappa shape index (κ2) is 13.1. The van der Waals surface area contributed by atoms with Crippen LogP contribution in [0.25, 0.3) is 0 Å². The minimum Gasteiger partial charge on any atom is -0.463 e. The van der Waals surface area contributed by atoms with Crippen LogP contribution in [0.5, 0.6) is 0 Å². The normalized spacial score (nSPS) is 12.0. The van der Waals surface area contributed by atoms with Crippen LogP contribution in [0.4, 0.5) is 0 Å². The molecule has 1 atom stereocenters. The molecule has 1 N–H and O–H groups in total. The molecule has 0 aliphatic rings. The summed E-state index contributed by atoms with van der Waals surface area (Å²) in [6, 6.07) is 19.5. The summed E-state index contributed by atoms with van der Waals surface area (Å²) < 4.78 is 11.5. The largest absolute Gasteiger partial charge is 0.463 e. The molecule has 0 aliphatic carbocycles. The first-order valence-electron chi connectivity index (χ1n) is 9.96. The zero-order valence-electron chi connectivity index (χ0n) is 17.5. The standard InChI is InChI=1S/C23H30N2O4S/c1-18(26)24-21(17-30)23(27)29-16-14-25(2)13-15-28-22(19-9-5-3-6-10-19)20-11-7-4-8-12-20/h3-12,21-22,30H,13-17H2,1-2H3,(H,24,26)/t21-/m0/s1. The number of thiol groups is 1. The van der Waals surface area contributed by atoms with Gasteiger partial charge >= 0.3 is 5.97 Å². The number of rotatable bonds is 12. The van der Waals surface area contributed by atoms with Gasteiger partial charge in [0.2, 0.25) is 5.91 Å². The molecule has 0 aliphatic heterocycles. The van der Waals surface area contributed by atoms with Crippen molar-refractivity contribution in [2.24, 2.45) is 0 Å². The molecule has 0 radical (unpaired) electrons. The fourth-order valence-electron chi connectivity index (χ4n) is 2.91. The van der Waals surface area contributed by atoms with Crippen LogP contribution in [0.15, 0.2) is 60.7 Å². The number of ether oxygens (including phenoxy) is 2. The van der Waals surface area contributed by atoms with Gasteiger partial charge in [0.25, 0.3) is 0 Å². The summed E-state index contributed by atoms with van der Waals surface area (Å²) in [5, 5.41) is 2.52. The maximum Gasteiger partial charge on any atom is 0.329 e. The Morgan fingerprint density at radius 3 is 2.00 bits per heavy atom. The summed E-state index contributed by atoms with van der Waals surface area (Å²) in [4.78, 5) is 25.1. The Morgan fingerprint density at radius 2 is 1.50 bits per heavy atom. The van der Waals surface area contributed by atoms with Crippen molar-refractivity contribution in [3.8, 4) is 0 Å². The highest BCUT2D eigenvalue weighted by Crippen LogP contribution is 2.25. The molecule has 0 heterocycles. The number of carbonyl (C=O) groups excluding carboxylic acids is 2. The fraction of sp³-hybridized carbons (Fsp3) is 0.391. The third-order valence-corrected chi connectivity index (χ3v) is 4.89. The van der Waals surface area contributed by atoms with Crippen LogP contribution >= 0.6 is 12.6 Å². The lowest BCUT2D eigenvalue weighted by molar-refractivity contribution is -0.147. The molecular weight excluding hydrogens is 400 g/mol. The lowest BCUT2D eigenvalue weighted by Gasteiger charge is -2.22. The zero-order chi connectivity index (χ0) is 21.8. The highest BCUT2D eigenvalue weighted by molar-refractivity contribution is 7.80. The van der Waals surface area contributed by atoms with E-state index in [9.17, 15) is 9.59 Å². The molecule has 2 aromatic carbocycles. The second-order valence-corrected chi connectivity index (χ2v) is 7.34. The van der Waals surface area contributed by atoms with Crippen molar-refractivity contribution in [3.63, 3.8) is 0 Å². The number of benzene rings is 2. The van der Waals surface area contributed by atoms with E-state index in [4.69, 9.17) is 9.47 Å². The monoisotopic (exact) mass is 430 g/mol. The molecule has 0 aromatic heterocycles. The number of hydrogen-bond donors (Lipinski definition) is 2. The van der Waals surface area contributed by atoms with Crippen molar-refractivity contribution in [1.29, 1.82) is 0 Å². The van der Waals surface area contributed by atoms with Gasteiger partial charge in [0.05, 0.1) is 6.61 Å². The van der Waals surface area contributed by atoms with Gasteiger partial charge in [-0.1, -0.05) is 60.7 Å². The summed E-state index contributed by atoms with van der Waals surface area (Å²) in [5.41, 5.74) is 2.21. The number of nitrogens with one attached hydrogen (secondary N) is 1. The first-order chi connectivity index (χ1) is 14.5. The molecule has 30 heavy (non-hydrogen) atoms. The summed E-state index contributed by atoms with van der Waals surface area (Å²) in [6.45, 7) is 3.38. The van der Waals surface area contributed by atoms with Crippen LogP contribution < -0.4 is 5.32 Å². The van der Waals surface area contributed by atoms with Gasteiger partial charge < -0.3 is 19.7 Å². The highest BCUT2D eigenvalue weighted by Gasteiger charge is 2.19. The van der Waals surface area contributed by atoms with Crippen molar-refractivity contribution in [1.82, 2.24) is 10.2 Å². The molecule has 0 saturated carbocycles. The summed E-state index contributed by atoms with van der Waals surface area (Å²) in [5.74, 6) is -0.563. The quantitative estimate of drug-likeness (QED) is 0.400. The topological polar surface area (TPSA) is 67.9 Å². The number of nitrogens with zero attached hydrogens (tertiary/aromatic N) is 1. The van der Waals surface area contributed by atoms with Gasteiger partial charge in [-0.05, 0) is 18.2 Å². The van der Waals surface area contributed by atoms with Gasteiger partial charge in [-0.2, -0.15) is 12.6 Å². The molecule has 0 fully saturated rings. The molecule has 2 aromatic rings. The number of likely N-dealkylation sites (N-methyl/N-ethyl adjacent to an activating group) is 1. The molecule has 6 nitrogen and oxygen atoms in total. The molecule has 0 spiro atoms. The minimum atomic E-state index is -0.725. The molecule has 162 valence electrons. The van der Waals surface area contributed by atoms with E-state index in [0.29, 0.717) is 19.7 Å². The van der Waals surface area contributed by atoms with Crippen LogP contribution in [-0.4, -0.2) is 61.9 Å². The van der Waals surface area contributed by atoms with Crippen molar-refractivity contribution >= 4 is 24.5 Å². The lowest BCUT2D eigenvalue weighted by Crippen LogP contribution is -2.42. The smallest absolute Gasteiger partial charge is 0.329 e. The molecule has 0 bridgehead atoms. The number of amides is 1. The van der Waals surface area contributed by atoms with Crippen molar-refractivity contribution < 1.29 is 19.1 Å². The average molecular weight is 431 g/mol. The van der Waals surface area contributed by atoms with Crippen LogP contribution in [0.1, 0.15) is 24.2 Å². The SMILES string of the molecule is CC(=O)N[C@@H](CS)C(=O)OCCN(C)CCOC(c1ccccc1)c1ccccc1. The van der Waals surface area contributed by atoms with Crippen molar-refractivity contribution in [2.75, 3.05) is 39.1 Å². The molecule has 1 amide bonds. The third kappa shape index (κ3) is 8.18. The van der Waals surface area contributed by atoms with E-state index in [-0.39, 0.29) is 24.4 Å². The Labute approximate surface area is 184 Å². The van der Waals surface area contributed by atoms with Gasteiger partial charge in [0, 0.05) is 25.8 Å². The number of carbonyl (C=O) groups is 2. The van der Waals surface area contributed by atoms with Crippen LogP contribution in [0.3, 0.4) is 0 Å². The van der Waals surface area contributed by atoms with Crippen molar-refractivity contribution in [3.05, 3.63) is 71.8 Å².